The average Bonchev–Trinajstić information content (AvgIpc) is 3.12. The molecule has 0 spiro atoms. The Morgan fingerprint density at radius 1 is 1.24 bits per heavy atom. The molecule has 3 heterocycles. The van der Waals surface area contributed by atoms with Crippen molar-refractivity contribution in [3.8, 4) is 17.0 Å². The normalized spacial score (nSPS) is 17.8. The van der Waals surface area contributed by atoms with Crippen molar-refractivity contribution in [2.24, 2.45) is 7.05 Å². The van der Waals surface area contributed by atoms with Gasteiger partial charge in [-0.3, -0.25) is 9.48 Å². The van der Waals surface area contributed by atoms with Gasteiger partial charge in [0.05, 0.1) is 17.5 Å². The zero-order chi connectivity index (χ0) is 23.8. The van der Waals surface area contributed by atoms with Gasteiger partial charge < -0.3 is 20.5 Å². The first-order chi connectivity index (χ1) is 15.6. The molecule has 12 heteroatoms. The predicted octanol–water partition coefficient (Wildman–Crippen LogP) is 1.88. The van der Waals surface area contributed by atoms with Crippen molar-refractivity contribution < 1.29 is 23.1 Å². The molecule has 3 aromatic rings. The first kappa shape index (κ1) is 22.7. The molecular formula is C21H24N6O5S. The topological polar surface area (TPSA) is 148 Å². The Morgan fingerprint density at radius 3 is 2.61 bits per heavy atom. The van der Waals surface area contributed by atoms with Crippen molar-refractivity contribution in [1.82, 2.24) is 19.7 Å². The monoisotopic (exact) mass is 472 g/mol. The van der Waals surface area contributed by atoms with Gasteiger partial charge in [0.2, 0.25) is 5.91 Å². The lowest BCUT2D eigenvalue weighted by Crippen LogP contribution is -2.37. The first-order valence-electron chi connectivity index (χ1n) is 10.2. The Bertz CT molecular complexity index is 1300. The van der Waals surface area contributed by atoms with Gasteiger partial charge in [-0.1, -0.05) is 0 Å². The summed E-state index contributed by atoms with van der Waals surface area (Å²) in [4.78, 5) is 20.0. The van der Waals surface area contributed by atoms with Crippen molar-refractivity contribution in [2.75, 3.05) is 16.9 Å². The van der Waals surface area contributed by atoms with Crippen LogP contribution in [-0.4, -0.2) is 57.6 Å². The van der Waals surface area contributed by atoms with Crippen LogP contribution in [-0.2, 0) is 21.7 Å². The number of amides is 1. The van der Waals surface area contributed by atoms with Crippen molar-refractivity contribution in [3.63, 3.8) is 0 Å². The second-order valence-corrected chi connectivity index (χ2v) is 9.92. The fourth-order valence-electron chi connectivity index (χ4n) is 3.34. The fourth-order valence-corrected chi connectivity index (χ4v) is 3.93. The zero-order valence-electron chi connectivity index (χ0n) is 18.3. The Hall–Kier alpha value is -3.51. The maximum absolute atomic E-state index is 12.2. The third-order valence-electron chi connectivity index (χ3n) is 4.99. The van der Waals surface area contributed by atoms with E-state index >= 15 is 0 Å². The number of aliphatic hydroxyl groups is 1. The van der Waals surface area contributed by atoms with Crippen LogP contribution in [0.2, 0.25) is 0 Å². The molecule has 0 aliphatic heterocycles. The van der Waals surface area contributed by atoms with Gasteiger partial charge in [0, 0.05) is 69.2 Å². The molecule has 0 aromatic carbocycles. The second kappa shape index (κ2) is 8.79. The second-order valence-electron chi connectivity index (χ2n) is 7.96. The molecule has 33 heavy (non-hydrogen) atoms. The minimum Gasteiger partial charge on any atom is -0.490 e. The number of sulfone groups is 1. The van der Waals surface area contributed by atoms with Crippen molar-refractivity contribution in [2.45, 2.75) is 37.0 Å². The van der Waals surface area contributed by atoms with E-state index in [1.807, 2.05) is 0 Å². The van der Waals surface area contributed by atoms with Crippen LogP contribution < -0.4 is 15.4 Å². The van der Waals surface area contributed by atoms with E-state index in [2.05, 4.69) is 25.7 Å². The lowest BCUT2D eigenvalue weighted by molar-refractivity contribution is -0.114. The van der Waals surface area contributed by atoms with E-state index < -0.39 is 15.9 Å². The van der Waals surface area contributed by atoms with E-state index in [4.69, 9.17) is 4.74 Å². The molecule has 1 saturated carbocycles. The van der Waals surface area contributed by atoms with E-state index in [-0.39, 0.29) is 22.9 Å². The minimum absolute atomic E-state index is 0.155. The highest BCUT2D eigenvalue weighted by molar-refractivity contribution is 7.90. The number of hydrogen-bond acceptors (Lipinski definition) is 9. The molecular weight excluding hydrogens is 448 g/mol. The number of carbonyl (C=O) groups is 1. The van der Waals surface area contributed by atoms with Gasteiger partial charge in [-0.2, -0.15) is 5.10 Å². The maximum Gasteiger partial charge on any atom is 0.222 e. The molecule has 0 radical (unpaired) electrons. The van der Waals surface area contributed by atoms with Gasteiger partial charge in [0.1, 0.15) is 23.5 Å². The number of ether oxygens (including phenoxy) is 1. The van der Waals surface area contributed by atoms with Crippen molar-refractivity contribution >= 4 is 33.1 Å². The summed E-state index contributed by atoms with van der Waals surface area (Å²) in [5, 5.41) is 19.5. The van der Waals surface area contributed by atoms with Crippen LogP contribution in [0.5, 0.6) is 5.75 Å². The Kier molecular flexibility index (Phi) is 6.04. The number of carbonyl (C=O) groups excluding carboxylic acids is 1. The summed E-state index contributed by atoms with van der Waals surface area (Å²) >= 11 is 0. The quantitative estimate of drug-likeness (QED) is 0.469. The summed E-state index contributed by atoms with van der Waals surface area (Å²) in [6, 6.07) is 6.36. The predicted molar refractivity (Wildman–Crippen MR) is 121 cm³/mol. The summed E-state index contributed by atoms with van der Waals surface area (Å²) < 4.78 is 31.9. The molecule has 0 saturated heterocycles. The Labute approximate surface area is 190 Å². The van der Waals surface area contributed by atoms with Crippen LogP contribution in [0, 0.1) is 0 Å². The number of aliphatic hydroxyl groups excluding tert-OH is 1. The number of nitrogens with zero attached hydrogens (tertiary/aromatic N) is 4. The molecule has 3 N–H and O–H groups in total. The van der Waals surface area contributed by atoms with Crippen LogP contribution in [0.15, 0.2) is 41.7 Å². The molecule has 3 aromatic heterocycles. The van der Waals surface area contributed by atoms with E-state index in [0.717, 1.165) is 6.26 Å². The van der Waals surface area contributed by atoms with Crippen molar-refractivity contribution in [3.05, 3.63) is 36.7 Å². The summed E-state index contributed by atoms with van der Waals surface area (Å²) in [7, 11) is -1.84. The van der Waals surface area contributed by atoms with Crippen LogP contribution in [0.4, 0.5) is 17.3 Å². The molecule has 11 nitrogen and oxygen atoms in total. The highest BCUT2D eigenvalue weighted by atomic mass is 32.2. The van der Waals surface area contributed by atoms with Gasteiger partial charge >= 0.3 is 0 Å². The summed E-state index contributed by atoms with van der Waals surface area (Å²) in [6.07, 6.45) is 4.76. The highest BCUT2D eigenvalue weighted by Crippen LogP contribution is 2.33. The largest absolute Gasteiger partial charge is 0.490 e. The first-order valence-corrected chi connectivity index (χ1v) is 12.1. The highest BCUT2D eigenvalue weighted by Gasteiger charge is 2.29. The summed E-state index contributed by atoms with van der Waals surface area (Å²) in [5.74, 6) is 0.573. The lowest BCUT2D eigenvalue weighted by Gasteiger charge is -2.31. The third kappa shape index (κ3) is 5.46. The van der Waals surface area contributed by atoms with Gasteiger partial charge in [0.25, 0.3) is 0 Å². The molecule has 0 unspecified atom stereocenters. The van der Waals surface area contributed by atoms with Gasteiger partial charge in [-0.05, 0) is 6.07 Å². The Morgan fingerprint density at radius 2 is 2.00 bits per heavy atom. The fraction of sp³-hybridized carbons (Fsp3) is 0.333. The number of aromatic nitrogens is 4. The third-order valence-corrected chi connectivity index (χ3v) is 5.96. The molecule has 1 aliphatic carbocycles. The molecule has 174 valence electrons. The van der Waals surface area contributed by atoms with Crippen LogP contribution in [0.25, 0.3) is 11.3 Å². The average molecular weight is 473 g/mol. The smallest absolute Gasteiger partial charge is 0.222 e. The van der Waals surface area contributed by atoms with Crippen molar-refractivity contribution in [1.29, 1.82) is 0 Å². The van der Waals surface area contributed by atoms with Crippen LogP contribution in [0.1, 0.15) is 19.8 Å². The Balaban J connectivity index is 1.73. The van der Waals surface area contributed by atoms with E-state index in [9.17, 15) is 18.3 Å². The minimum atomic E-state index is -3.62. The van der Waals surface area contributed by atoms with Gasteiger partial charge in [0.15, 0.2) is 14.9 Å². The SMILES string of the molecule is CC(=O)Nc1cc(Nc2cc(OC3CC(O)C3)cc(S(C)(=O)=O)n2)c(-c2ccn(C)n2)cn1. The van der Waals surface area contributed by atoms with Crippen LogP contribution in [0.3, 0.4) is 0 Å². The molecule has 1 aliphatic rings. The molecule has 4 rings (SSSR count). The number of hydrogen-bond donors (Lipinski definition) is 3. The number of anilines is 3. The standard InChI is InChI=1S/C21H24N6O5S/c1-12(28)23-19-10-18(16(11-22-19)17-4-5-27(2)26-17)24-20-8-15(32-14-6-13(29)7-14)9-21(25-20)33(3,30)31/h4-5,8-11,13-14,29H,6-7H2,1-3H3,(H2,22,23,24,25,28). The van der Waals surface area contributed by atoms with E-state index in [1.165, 1.54) is 13.0 Å². The molecule has 0 bridgehead atoms. The summed E-state index contributed by atoms with van der Waals surface area (Å²) in [5.41, 5.74) is 1.76. The van der Waals surface area contributed by atoms with Gasteiger partial charge in [-0.15, -0.1) is 0 Å². The van der Waals surface area contributed by atoms with Gasteiger partial charge in [-0.25, -0.2) is 18.4 Å². The maximum atomic E-state index is 12.2. The molecule has 0 atom stereocenters. The summed E-state index contributed by atoms with van der Waals surface area (Å²) in [6.45, 7) is 1.37. The van der Waals surface area contributed by atoms with E-state index in [0.29, 0.717) is 41.4 Å². The van der Waals surface area contributed by atoms with E-state index in [1.54, 1.807) is 42.3 Å². The number of aryl methyl sites for hydroxylation is 1. The molecule has 1 fully saturated rings. The molecule has 1 amide bonds. The number of nitrogens with one attached hydrogen (secondary N) is 2. The number of rotatable bonds is 7. The van der Waals surface area contributed by atoms with Crippen LogP contribution >= 0.6 is 0 Å². The number of pyridine rings is 2. The lowest BCUT2D eigenvalue weighted by atomic mass is 9.92. The zero-order valence-corrected chi connectivity index (χ0v) is 19.1.